The van der Waals surface area contributed by atoms with Crippen LogP contribution in [-0.2, 0) is 12.0 Å². The van der Waals surface area contributed by atoms with Gasteiger partial charge in [-0.3, -0.25) is 0 Å². The summed E-state index contributed by atoms with van der Waals surface area (Å²) in [7, 11) is 0. The second-order valence-corrected chi connectivity index (χ2v) is 7.77. The highest BCUT2D eigenvalue weighted by Crippen LogP contribution is 2.36. The SMILES string of the molecule is CC(C)(C)c1nc2sc(C3CCCCC3)nn2c1CO. The van der Waals surface area contributed by atoms with Gasteiger partial charge in [0.2, 0.25) is 4.96 Å². The van der Waals surface area contributed by atoms with E-state index >= 15 is 0 Å². The van der Waals surface area contributed by atoms with Crippen LogP contribution in [0.15, 0.2) is 0 Å². The number of rotatable bonds is 2. The lowest BCUT2D eigenvalue weighted by atomic mass is 9.90. The highest BCUT2D eigenvalue weighted by molar-refractivity contribution is 7.16. The molecule has 1 aliphatic carbocycles. The smallest absolute Gasteiger partial charge is 0.212 e. The Morgan fingerprint density at radius 1 is 1.25 bits per heavy atom. The first-order valence-electron chi connectivity index (χ1n) is 7.50. The quantitative estimate of drug-likeness (QED) is 0.920. The molecule has 0 saturated heterocycles. The van der Waals surface area contributed by atoms with E-state index in [0.717, 1.165) is 16.3 Å². The molecule has 20 heavy (non-hydrogen) atoms. The van der Waals surface area contributed by atoms with Gasteiger partial charge in [0.1, 0.15) is 5.01 Å². The van der Waals surface area contributed by atoms with Gasteiger partial charge in [-0.1, -0.05) is 51.4 Å². The van der Waals surface area contributed by atoms with Crippen LogP contribution in [0.2, 0.25) is 0 Å². The van der Waals surface area contributed by atoms with Crippen LogP contribution in [0.4, 0.5) is 0 Å². The topological polar surface area (TPSA) is 50.4 Å². The third-order valence-corrected chi connectivity index (χ3v) is 5.20. The van der Waals surface area contributed by atoms with Gasteiger partial charge in [-0.2, -0.15) is 5.10 Å². The number of nitrogens with zero attached hydrogens (tertiary/aromatic N) is 3. The van der Waals surface area contributed by atoms with Crippen molar-refractivity contribution in [2.75, 3.05) is 0 Å². The molecule has 1 aliphatic rings. The fourth-order valence-corrected chi connectivity index (χ4v) is 4.15. The molecule has 2 aromatic heterocycles. The van der Waals surface area contributed by atoms with Crippen molar-refractivity contribution in [1.82, 2.24) is 14.6 Å². The van der Waals surface area contributed by atoms with E-state index in [1.54, 1.807) is 11.3 Å². The van der Waals surface area contributed by atoms with E-state index in [2.05, 4.69) is 20.8 Å². The molecule has 1 fully saturated rings. The van der Waals surface area contributed by atoms with Crippen molar-refractivity contribution >= 4 is 16.3 Å². The Hall–Kier alpha value is -0.940. The number of aliphatic hydroxyl groups excluding tert-OH is 1. The van der Waals surface area contributed by atoms with Crippen molar-refractivity contribution in [3.8, 4) is 0 Å². The van der Waals surface area contributed by atoms with Crippen molar-refractivity contribution in [2.24, 2.45) is 0 Å². The van der Waals surface area contributed by atoms with Gasteiger partial charge in [0.25, 0.3) is 0 Å². The van der Waals surface area contributed by atoms with Crippen molar-refractivity contribution in [3.05, 3.63) is 16.4 Å². The zero-order valence-electron chi connectivity index (χ0n) is 12.5. The summed E-state index contributed by atoms with van der Waals surface area (Å²) in [6.45, 7) is 6.38. The van der Waals surface area contributed by atoms with Crippen LogP contribution in [-0.4, -0.2) is 19.7 Å². The minimum atomic E-state index is -0.0590. The zero-order valence-corrected chi connectivity index (χ0v) is 13.3. The molecule has 1 N–H and O–H groups in total. The van der Waals surface area contributed by atoms with Crippen LogP contribution in [0.3, 0.4) is 0 Å². The molecule has 0 unspecified atom stereocenters. The van der Waals surface area contributed by atoms with Gasteiger partial charge in [-0.15, -0.1) is 0 Å². The summed E-state index contributed by atoms with van der Waals surface area (Å²) < 4.78 is 1.87. The first kappa shape index (κ1) is 14.0. The fraction of sp³-hybridized carbons (Fsp3) is 0.733. The number of imidazole rings is 1. The van der Waals surface area contributed by atoms with Crippen LogP contribution in [0, 0.1) is 0 Å². The molecule has 2 aromatic rings. The molecule has 1 saturated carbocycles. The van der Waals surface area contributed by atoms with Gasteiger partial charge < -0.3 is 5.11 Å². The summed E-state index contributed by atoms with van der Waals surface area (Å²) in [6.07, 6.45) is 6.48. The average Bonchev–Trinajstić information content (AvgIpc) is 2.95. The van der Waals surface area contributed by atoms with E-state index in [-0.39, 0.29) is 12.0 Å². The third-order valence-electron chi connectivity index (χ3n) is 4.13. The summed E-state index contributed by atoms with van der Waals surface area (Å²) in [6, 6.07) is 0. The van der Waals surface area contributed by atoms with E-state index in [1.165, 1.54) is 37.1 Å². The molecular weight excluding hydrogens is 270 g/mol. The Kier molecular flexibility index (Phi) is 3.58. The molecular formula is C15H23N3OS. The van der Waals surface area contributed by atoms with E-state index in [9.17, 15) is 5.11 Å². The molecule has 110 valence electrons. The molecule has 0 amide bonds. The summed E-state index contributed by atoms with van der Waals surface area (Å²) in [5.41, 5.74) is 1.76. The van der Waals surface area contributed by atoms with Crippen LogP contribution in [0.5, 0.6) is 0 Å². The van der Waals surface area contributed by atoms with Crippen molar-refractivity contribution in [1.29, 1.82) is 0 Å². The lowest BCUT2D eigenvalue weighted by molar-refractivity contribution is 0.270. The lowest BCUT2D eigenvalue weighted by Crippen LogP contribution is -2.15. The number of aromatic nitrogens is 3. The normalized spacial score (nSPS) is 18.0. The zero-order chi connectivity index (χ0) is 14.3. The largest absolute Gasteiger partial charge is 0.390 e. The van der Waals surface area contributed by atoms with E-state index < -0.39 is 0 Å². The highest BCUT2D eigenvalue weighted by atomic mass is 32.1. The van der Waals surface area contributed by atoms with Gasteiger partial charge in [0.15, 0.2) is 0 Å². The number of hydrogen-bond acceptors (Lipinski definition) is 4. The molecule has 0 spiro atoms. The van der Waals surface area contributed by atoms with Crippen molar-refractivity contribution in [2.45, 2.75) is 70.8 Å². The third kappa shape index (κ3) is 2.37. The Labute approximate surface area is 123 Å². The molecule has 0 bridgehead atoms. The summed E-state index contributed by atoms with van der Waals surface area (Å²) in [5.74, 6) is 0.597. The van der Waals surface area contributed by atoms with Crippen molar-refractivity contribution in [3.63, 3.8) is 0 Å². The number of aliphatic hydroxyl groups is 1. The Morgan fingerprint density at radius 3 is 2.55 bits per heavy atom. The van der Waals surface area contributed by atoms with Gasteiger partial charge in [-0.05, 0) is 12.8 Å². The molecule has 5 heteroatoms. The van der Waals surface area contributed by atoms with E-state index in [4.69, 9.17) is 10.1 Å². The first-order valence-corrected chi connectivity index (χ1v) is 8.32. The van der Waals surface area contributed by atoms with Gasteiger partial charge in [0, 0.05) is 11.3 Å². The maximum Gasteiger partial charge on any atom is 0.212 e. The predicted molar refractivity (Wildman–Crippen MR) is 81.3 cm³/mol. The number of hydrogen-bond donors (Lipinski definition) is 1. The highest BCUT2D eigenvalue weighted by Gasteiger charge is 2.27. The standard InChI is InChI=1S/C15H23N3OS/c1-15(2,3)12-11(9-19)18-14(16-12)20-13(17-18)10-7-5-4-6-8-10/h10,19H,4-9H2,1-3H3. The monoisotopic (exact) mass is 293 g/mol. The average molecular weight is 293 g/mol. The van der Waals surface area contributed by atoms with Gasteiger partial charge >= 0.3 is 0 Å². The predicted octanol–water partition coefficient (Wildman–Crippen LogP) is 3.63. The summed E-state index contributed by atoms with van der Waals surface area (Å²) >= 11 is 1.70. The second-order valence-electron chi connectivity index (χ2n) is 6.78. The fourth-order valence-electron chi connectivity index (χ4n) is 3.06. The Balaban J connectivity index is 2.02. The van der Waals surface area contributed by atoms with Crippen LogP contribution >= 0.6 is 11.3 Å². The van der Waals surface area contributed by atoms with Gasteiger partial charge in [0.05, 0.1) is 18.0 Å². The van der Waals surface area contributed by atoms with Crippen LogP contribution < -0.4 is 0 Å². The minimum Gasteiger partial charge on any atom is -0.390 e. The van der Waals surface area contributed by atoms with Gasteiger partial charge in [-0.25, -0.2) is 9.50 Å². The van der Waals surface area contributed by atoms with Crippen LogP contribution in [0.25, 0.3) is 4.96 Å². The number of fused-ring (bicyclic) bond motifs is 1. The Bertz CT molecular complexity index is 602. The maximum absolute atomic E-state index is 9.69. The molecule has 0 aromatic carbocycles. The van der Waals surface area contributed by atoms with Crippen molar-refractivity contribution < 1.29 is 5.11 Å². The van der Waals surface area contributed by atoms with E-state index in [1.807, 2.05) is 4.52 Å². The Morgan fingerprint density at radius 2 is 1.95 bits per heavy atom. The second kappa shape index (κ2) is 5.11. The summed E-state index contributed by atoms with van der Waals surface area (Å²) in [5, 5.41) is 15.6. The molecule has 3 rings (SSSR count). The molecule has 0 aliphatic heterocycles. The van der Waals surface area contributed by atoms with Crippen LogP contribution in [0.1, 0.15) is 75.2 Å². The lowest BCUT2D eigenvalue weighted by Gasteiger charge is -2.19. The maximum atomic E-state index is 9.69. The first-order chi connectivity index (χ1) is 9.50. The molecule has 0 radical (unpaired) electrons. The summed E-state index contributed by atoms with van der Waals surface area (Å²) in [4.78, 5) is 5.66. The molecule has 0 atom stereocenters. The minimum absolute atomic E-state index is 0.00160. The van der Waals surface area contributed by atoms with E-state index in [0.29, 0.717) is 5.92 Å². The molecule has 2 heterocycles. The molecule has 4 nitrogen and oxygen atoms in total.